The molecule has 14 heavy (non-hydrogen) atoms. The Bertz CT molecular complexity index is 356. The summed E-state index contributed by atoms with van der Waals surface area (Å²) in [4.78, 5) is 21.0. The van der Waals surface area contributed by atoms with Gasteiger partial charge in [-0.05, 0) is 0 Å². The van der Waals surface area contributed by atoms with Crippen LogP contribution in [0.3, 0.4) is 0 Å². The summed E-state index contributed by atoms with van der Waals surface area (Å²) < 4.78 is 4.66. The molecule has 0 fully saturated rings. The van der Waals surface area contributed by atoms with Gasteiger partial charge in [-0.2, -0.15) is 0 Å². The number of carboxylic acid groups (broad SMARTS) is 2. The number of hydrogen-bond acceptors (Lipinski definition) is 4. The van der Waals surface area contributed by atoms with Crippen molar-refractivity contribution in [1.82, 2.24) is 0 Å². The predicted octanol–water partition coefficient (Wildman–Crippen LogP) is -0.0678. The zero-order valence-electron chi connectivity index (χ0n) is 7.14. The SMILES string of the molecule is N[C@@H](Cc1cocc1C(=O)O)C(=O)O. The summed E-state index contributed by atoms with van der Waals surface area (Å²) in [6, 6.07) is -1.12. The first-order valence-electron chi connectivity index (χ1n) is 3.79. The summed E-state index contributed by atoms with van der Waals surface area (Å²) in [7, 11) is 0. The lowest BCUT2D eigenvalue weighted by Gasteiger charge is -2.03. The minimum atomic E-state index is -1.18. The van der Waals surface area contributed by atoms with Gasteiger partial charge in [-0.3, -0.25) is 4.79 Å². The first kappa shape index (κ1) is 10.3. The van der Waals surface area contributed by atoms with Crippen LogP contribution in [-0.2, 0) is 11.2 Å². The van der Waals surface area contributed by atoms with Crippen LogP contribution in [0.4, 0.5) is 0 Å². The van der Waals surface area contributed by atoms with Gasteiger partial charge in [0.05, 0.1) is 6.26 Å². The van der Waals surface area contributed by atoms with Crippen LogP contribution in [-0.4, -0.2) is 28.2 Å². The molecule has 0 aliphatic carbocycles. The van der Waals surface area contributed by atoms with Gasteiger partial charge < -0.3 is 20.4 Å². The van der Waals surface area contributed by atoms with Crippen LogP contribution in [0.2, 0.25) is 0 Å². The van der Waals surface area contributed by atoms with Crippen molar-refractivity contribution in [2.24, 2.45) is 5.73 Å². The molecular formula is C8H9NO5. The van der Waals surface area contributed by atoms with E-state index in [0.29, 0.717) is 0 Å². The number of aromatic carboxylic acids is 1. The van der Waals surface area contributed by atoms with Crippen LogP contribution in [0.1, 0.15) is 15.9 Å². The van der Waals surface area contributed by atoms with Crippen LogP contribution in [0.25, 0.3) is 0 Å². The third-order valence-corrected chi connectivity index (χ3v) is 1.73. The molecule has 0 unspecified atom stereocenters. The van der Waals surface area contributed by atoms with Crippen LogP contribution in [0, 0.1) is 0 Å². The van der Waals surface area contributed by atoms with E-state index >= 15 is 0 Å². The van der Waals surface area contributed by atoms with Crippen molar-refractivity contribution in [3.63, 3.8) is 0 Å². The molecule has 0 radical (unpaired) electrons. The molecule has 0 aromatic carbocycles. The van der Waals surface area contributed by atoms with Crippen molar-refractivity contribution in [2.75, 3.05) is 0 Å². The lowest BCUT2D eigenvalue weighted by Crippen LogP contribution is -2.32. The minimum absolute atomic E-state index is 0.0540. The molecule has 1 aromatic heterocycles. The van der Waals surface area contributed by atoms with E-state index in [4.69, 9.17) is 15.9 Å². The van der Waals surface area contributed by atoms with Crippen molar-refractivity contribution < 1.29 is 24.2 Å². The fourth-order valence-electron chi connectivity index (χ4n) is 0.993. The summed E-state index contributed by atoms with van der Waals surface area (Å²) in [5.74, 6) is -2.34. The van der Waals surface area contributed by atoms with E-state index in [1.165, 1.54) is 6.26 Å². The fourth-order valence-corrected chi connectivity index (χ4v) is 0.993. The van der Waals surface area contributed by atoms with Crippen molar-refractivity contribution in [1.29, 1.82) is 0 Å². The number of hydrogen-bond donors (Lipinski definition) is 3. The van der Waals surface area contributed by atoms with E-state index in [0.717, 1.165) is 6.26 Å². The molecule has 0 bridgehead atoms. The molecule has 1 aromatic rings. The largest absolute Gasteiger partial charge is 0.480 e. The van der Waals surface area contributed by atoms with E-state index < -0.39 is 18.0 Å². The van der Waals surface area contributed by atoms with Gasteiger partial charge in [0, 0.05) is 12.0 Å². The fraction of sp³-hybridized carbons (Fsp3) is 0.250. The summed E-state index contributed by atoms with van der Waals surface area (Å²) in [5.41, 5.74) is 5.47. The molecule has 0 aliphatic rings. The van der Waals surface area contributed by atoms with Crippen molar-refractivity contribution in [3.8, 4) is 0 Å². The second-order valence-electron chi connectivity index (χ2n) is 2.76. The smallest absolute Gasteiger partial charge is 0.339 e. The Hall–Kier alpha value is -1.82. The van der Waals surface area contributed by atoms with Gasteiger partial charge in [-0.15, -0.1) is 0 Å². The first-order chi connectivity index (χ1) is 6.52. The molecule has 0 saturated carbocycles. The average Bonchev–Trinajstić information content (AvgIpc) is 2.52. The van der Waals surface area contributed by atoms with Crippen LogP contribution in [0.15, 0.2) is 16.9 Å². The maximum atomic E-state index is 10.6. The zero-order chi connectivity index (χ0) is 10.7. The predicted molar refractivity (Wildman–Crippen MR) is 45.0 cm³/mol. The van der Waals surface area contributed by atoms with E-state index in [1.807, 2.05) is 0 Å². The Balaban J connectivity index is 2.81. The molecule has 1 atom stereocenters. The second kappa shape index (κ2) is 3.93. The molecular weight excluding hydrogens is 190 g/mol. The van der Waals surface area contributed by atoms with E-state index in [-0.39, 0.29) is 17.5 Å². The molecule has 4 N–H and O–H groups in total. The Kier molecular flexibility index (Phi) is 2.88. The topological polar surface area (TPSA) is 114 Å². The van der Waals surface area contributed by atoms with E-state index in [1.54, 1.807) is 0 Å². The third-order valence-electron chi connectivity index (χ3n) is 1.73. The molecule has 0 aliphatic heterocycles. The van der Waals surface area contributed by atoms with Crippen molar-refractivity contribution in [2.45, 2.75) is 12.5 Å². The molecule has 6 heteroatoms. The van der Waals surface area contributed by atoms with Gasteiger partial charge in [-0.1, -0.05) is 0 Å². The number of nitrogens with two attached hydrogens (primary N) is 1. The monoisotopic (exact) mass is 199 g/mol. The van der Waals surface area contributed by atoms with E-state index in [2.05, 4.69) is 4.42 Å². The van der Waals surface area contributed by atoms with E-state index in [9.17, 15) is 9.59 Å². The van der Waals surface area contributed by atoms with Crippen LogP contribution < -0.4 is 5.73 Å². The quantitative estimate of drug-likeness (QED) is 0.625. The summed E-state index contributed by atoms with van der Waals surface area (Å²) >= 11 is 0. The molecule has 0 saturated heterocycles. The third kappa shape index (κ3) is 2.11. The summed E-state index contributed by atoms with van der Waals surface area (Å²) in [6.07, 6.45) is 2.17. The van der Waals surface area contributed by atoms with Gasteiger partial charge in [0.25, 0.3) is 0 Å². The summed E-state index contributed by atoms with van der Waals surface area (Å²) in [6.45, 7) is 0. The lowest BCUT2D eigenvalue weighted by molar-refractivity contribution is -0.138. The zero-order valence-corrected chi connectivity index (χ0v) is 7.14. The first-order valence-corrected chi connectivity index (χ1v) is 3.79. The minimum Gasteiger partial charge on any atom is -0.480 e. The number of aliphatic carboxylic acids is 1. The van der Waals surface area contributed by atoms with Gasteiger partial charge in [0.2, 0.25) is 0 Å². The summed E-state index contributed by atoms with van der Waals surface area (Å²) in [5, 5.41) is 17.2. The number of carboxylic acids is 2. The van der Waals surface area contributed by atoms with Gasteiger partial charge in [0.15, 0.2) is 0 Å². The maximum Gasteiger partial charge on any atom is 0.339 e. The molecule has 1 rings (SSSR count). The highest BCUT2D eigenvalue weighted by atomic mass is 16.4. The highest BCUT2D eigenvalue weighted by Gasteiger charge is 2.18. The normalized spacial score (nSPS) is 12.4. The number of carbonyl (C=O) groups is 2. The Labute approximate surface area is 78.9 Å². The van der Waals surface area contributed by atoms with Gasteiger partial charge in [-0.25, -0.2) is 4.79 Å². The molecule has 76 valence electrons. The maximum absolute atomic E-state index is 10.6. The number of furan rings is 1. The van der Waals surface area contributed by atoms with Crippen LogP contribution >= 0.6 is 0 Å². The molecule has 6 nitrogen and oxygen atoms in total. The molecule has 0 spiro atoms. The van der Waals surface area contributed by atoms with Gasteiger partial charge >= 0.3 is 11.9 Å². The standard InChI is InChI=1S/C8H9NO5/c9-6(8(12)13)1-4-2-14-3-5(4)7(10)11/h2-3,6H,1,9H2,(H,10,11)(H,12,13)/t6-/m0/s1. The Morgan fingerprint density at radius 2 is 2.07 bits per heavy atom. The van der Waals surface area contributed by atoms with Crippen molar-refractivity contribution >= 4 is 11.9 Å². The number of rotatable bonds is 4. The highest BCUT2D eigenvalue weighted by molar-refractivity contribution is 5.89. The molecule has 1 heterocycles. The Morgan fingerprint density at radius 1 is 1.43 bits per heavy atom. The van der Waals surface area contributed by atoms with Gasteiger partial charge in [0.1, 0.15) is 17.9 Å². The highest BCUT2D eigenvalue weighted by Crippen LogP contribution is 2.12. The van der Waals surface area contributed by atoms with Crippen LogP contribution in [0.5, 0.6) is 0 Å². The molecule has 0 amide bonds. The Morgan fingerprint density at radius 3 is 2.57 bits per heavy atom. The lowest BCUT2D eigenvalue weighted by atomic mass is 10.1. The average molecular weight is 199 g/mol. The second-order valence-corrected chi connectivity index (χ2v) is 2.76. The van der Waals surface area contributed by atoms with Crippen molar-refractivity contribution in [3.05, 3.63) is 23.7 Å².